The van der Waals surface area contributed by atoms with E-state index >= 15 is 0 Å². The van der Waals surface area contributed by atoms with Crippen LogP contribution in [0.25, 0.3) is 44.8 Å². The number of benzene rings is 3. The highest BCUT2D eigenvalue weighted by Gasteiger charge is 2.18. The normalized spacial score (nSPS) is 14.6. The molecule has 0 unspecified atom stereocenters. The number of phenolic OH excluding ortho intramolecular Hbond substituents is 1. The second-order valence-corrected chi connectivity index (χ2v) is 8.51. The van der Waals surface area contributed by atoms with Gasteiger partial charge in [0, 0.05) is 43.5 Å². The summed E-state index contributed by atoms with van der Waals surface area (Å²) in [7, 11) is 2.18. The van der Waals surface area contributed by atoms with E-state index in [1.165, 1.54) is 5.69 Å². The minimum Gasteiger partial charge on any atom is -0.508 e. The standard InChI is InChI=1S/C25H24N6O.ClH/c1-30-10-12-31(13-11-30)18-5-9-21-23(15-18)29-25(27-21)17-4-8-20-22(14-17)28-24(26-20)16-2-6-19(32)7-3-16;/h2-9,14-15,32H,10-13H2,1H3,(H,26,28)(H,27,29);1H/p+1. The molecular weight excluding hydrogens is 436 g/mol. The van der Waals surface area contributed by atoms with E-state index in [-0.39, 0.29) is 18.2 Å². The summed E-state index contributed by atoms with van der Waals surface area (Å²) in [5, 5.41) is 9.53. The van der Waals surface area contributed by atoms with Gasteiger partial charge in [0.2, 0.25) is 0 Å². The molecule has 0 radical (unpaired) electrons. The first-order valence-electron chi connectivity index (χ1n) is 10.9. The summed E-state index contributed by atoms with van der Waals surface area (Å²) < 4.78 is 0. The van der Waals surface area contributed by atoms with E-state index in [2.05, 4.69) is 62.1 Å². The number of aromatic hydroxyl groups is 1. The maximum atomic E-state index is 9.53. The Balaban J connectivity index is 0.00000228. The van der Waals surface area contributed by atoms with Gasteiger partial charge in [0.1, 0.15) is 11.6 Å². The highest BCUT2D eigenvalue weighted by atomic mass is 35.5. The van der Waals surface area contributed by atoms with Crippen LogP contribution >= 0.6 is 12.4 Å². The molecule has 4 N–H and O–H groups in total. The lowest BCUT2D eigenvalue weighted by Gasteiger charge is -2.33. The number of phenols is 1. The van der Waals surface area contributed by atoms with Gasteiger partial charge in [-0.3, -0.25) is 0 Å². The highest BCUT2D eigenvalue weighted by Crippen LogP contribution is 2.27. The van der Waals surface area contributed by atoms with Crippen molar-refractivity contribution in [3.63, 3.8) is 0 Å². The number of likely N-dealkylation sites (N-methyl/N-ethyl adjacent to an activating group) is 1. The summed E-state index contributed by atoms with van der Waals surface area (Å²) in [6, 6.07) is 19.9. The summed E-state index contributed by atoms with van der Waals surface area (Å²) in [6.45, 7) is 4.30. The van der Waals surface area contributed by atoms with Crippen molar-refractivity contribution in [1.29, 1.82) is 0 Å². The van der Waals surface area contributed by atoms with E-state index in [4.69, 9.17) is 4.98 Å². The molecule has 3 aromatic carbocycles. The zero-order valence-corrected chi connectivity index (χ0v) is 19.1. The Kier molecular flexibility index (Phi) is 5.44. The maximum Gasteiger partial charge on any atom is 0.285 e. The van der Waals surface area contributed by atoms with Crippen LogP contribution in [-0.4, -0.2) is 58.2 Å². The van der Waals surface area contributed by atoms with Gasteiger partial charge in [0.25, 0.3) is 5.82 Å². The Bertz CT molecular complexity index is 1420. The molecule has 0 amide bonds. The van der Waals surface area contributed by atoms with Crippen LogP contribution in [0, 0.1) is 0 Å². The average molecular weight is 462 g/mol. The molecule has 0 saturated carbocycles. The van der Waals surface area contributed by atoms with Crippen LogP contribution in [0.1, 0.15) is 0 Å². The van der Waals surface area contributed by atoms with E-state index in [1.807, 2.05) is 18.2 Å². The van der Waals surface area contributed by atoms with Crippen molar-refractivity contribution < 1.29 is 10.1 Å². The molecule has 5 aromatic rings. The van der Waals surface area contributed by atoms with Gasteiger partial charge in [-0.25, -0.2) is 15.0 Å². The van der Waals surface area contributed by atoms with Crippen molar-refractivity contribution in [2.75, 3.05) is 38.1 Å². The third-order valence-electron chi connectivity index (χ3n) is 6.30. The van der Waals surface area contributed by atoms with Crippen LogP contribution in [0.2, 0.25) is 0 Å². The van der Waals surface area contributed by atoms with Gasteiger partial charge >= 0.3 is 0 Å². The van der Waals surface area contributed by atoms with Crippen molar-refractivity contribution in [2.45, 2.75) is 0 Å². The molecule has 0 atom stereocenters. The molecule has 7 nitrogen and oxygen atoms in total. The summed E-state index contributed by atoms with van der Waals surface area (Å²) >= 11 is 0. The highest BCUT2D eigenvalue weighted by molar-refractivity contribution is 5.85. The van der Waals surface area contributed by atoms with Crippen molar-refractivity contribution in [2.24, 2.45) is 0 Å². The first kappa shape index (κ1) is 21.3. The van der Waals surface area contributed by atoms with Gasteiger partial charge in [-0.15, -0.1) is 12.4 Å². The Morgan fingerprint density at radius 1 is 0.848 bits per heavy atom. The van der Waals surface area contributed by atoms with Gasteiger partial charge in [-0.05, 0) is 61.6 Å². The topological polar surface area (TPSA) is 85.3 Å². The third-order valence-corrected chi connectivity index (χ3v) is 6.30. The van der Waals surface area contributed by atoms with Crippen molar-refractivity contribution in [3.05, 3.63) is 60.7 Å². The molecule has 1 aliphatic rings. The maximum absolute atomic E-state index is 9.53. The van der Waals surface area contributed by atoms with E-state index in [0.717, 1.165) is 71.0 Å². The van der Waals surface area contributed by atoms with Gasteiger partial charge in [0.15, 0.2) is 11.0 Å². The lowest BCUT2D eigenvalue weighted by Crippen LogP contribution is -2.44. The second-order valence-electron chi connectivity index (χ2n) is 8.51. The molecule has 33 heavy (non-hydrogen) atoms. The lowest BCUT2D eigenvalue weighted by atomic mass is 10.2. The quantitative estimate of drug-likeness (QED) is 0.378. The summed E-state index contributed by atoms with van der Waals surface area (Å²) in [5.41, 5.74) is 7.33. The molecule has 0 spiro atoms. The number of imidazole rings is 2. The molecular formula is C25H26ClN6O+. The Morgan fingerprint density at radius 3 is 2.39 bits per heavy atom. The SMILES string of the molecule is CN1CCN(c2ccc3[nH+]c(-c4ccc5nc(-c6ccc(O)cc6)[nH]c5c4)[nH]c3c2)CC1.Cl. The van der Waals surface area contributed by atoms with Crippen molar-refractivity contribution in [1.82, 2.24) is 19.9 Å². The number of H-pyrrole nitrogens is 3. The van der Waals surface area contributed by atoms with Crippen LogP contribution in [0.4, 0.5) is 5.69 Å². The fourth-order valence-corrected chi connectivity index (χ4v) is 4.37. The monoisotopic (exact) mass is 461 g/mol. The number of nitrogens with one attached hydrogen (secondary N) is 3. The van der Waals surface area contributed by atoms with E-state index in [0.29, 0.717) is 0 Å². The van der Waals surface area contributed by atoms with E-state index in [1.54, 1.807) is 12.1 Å². The third kappa shape index (κ3) is 4.01. The Morgan fingerprint density at radius 2 is 1.61 bits per heavy atom. The number of aromatic amines is 3. The van der Waals surface area contributed by atoms with Gasteiger partial charge in [-0.2, -0.15) is 0 Å². The van der Waals surface area contributed by atoms with E-state index in [9.17, 15) is 5.11 Å². The molecule has 168 valence electrons. The number of fused-ring (bicyclic) bond motifs is 2. The van der Waals surface area contributed by atoms with Crippen LogP contribution in [0.15, 0.2) is 60.7 Å². The first-order valence-corrected chi connectivity index (χ1v) is 10.9. The van der Waals surface area contributed by atoms with Gasteiger partial charge in [0.05, 0.1) is 16.6 Å². The van der Waals surface area contributed by atoms with Crippen LogP contribution in [0.3, 0.4) is 0 Å². The largest absolute Gasteiger partial charge is 0.508 e. The van der Waals surface area contributed by atoms with Crippen LogP contribution in [0.5, 0.6) is 5.75 Å². The number of aromatic nitrogens is 4. The van der Waals surface area contributed by atoms with Crippen LogP contribution < -0.4 is 9.88 Å². The molecule has 1 fully saturated rings. The molecule has 1 aliphatic heterocycles. The van der Waals surface area contributed by atoms with E-state index < -0.39 is 0 Å². The Labute approximate surface area is 197 Å². The zero-order chi connectivity index (χ0) is 21.7. The molecule has 0 aliphatic carbocycles. The number of nitrogens with zero attached hydrogens (tertiary/aromatic N) is 3. The lowest BCUT2D eigenvalue weighted by molar-refractivity contribution is -0.330. The molecule has 1 saturated heterocycles. The summed E-state index contributed by atoms with van der Waals surface area (Å²) in [4.78, 5) is 20.0. The first-order chi connectivity index (χ1) is 15.6. The molecule has 6 rings (SSSR count). The van der Waals surface area contributed by atoms with Crippen molar-refractivity contribution >= 4 is 40.2 Å². The number of hydrogen-bond acceptors (Lipinski definition) is 4. The number of hydrogen-bond donors (Lipinski definition) is 3. The Hall–Kier alpha value is -3.55. The van der Waals surface area contributed by atoms with Crippen molar-refractivity contribution in [3.8, 4) is 28.5 Å². The predicted octanol–water partition coefficient (Wildman–Crippen LogP) is 4.07. The molecule has 2 aromatic heterocycles. The zero-order valence-electron chi connectivity index (χ0n) is 18.3. The minimum atomic E-state index is 0. The number of piperazine rings is 1. The summed E-state index contributed by atoms with van der Waals surface area (Å²) in [6.07, 6.45) is 0. The molecule has 8 heteroatoms. The minimum absolute atomic E-state index is 0. The second kappa shape index (κ2) is 8.42. The average Bonchev–Trinajstić information content (AvgIpc) is 3.43. The fraction of sp³-hybridized carbons (Fsp3) is 0.200. The number of halogens is 1. The van der Waals surface area contributed by atoms with Crippen LogP contribution in [-0.2, 0) is 0 Å². The molecule has 3 heterocycles. The predicted molar refractivity (Wildman–Crippen MR) is 134 cm³/mol. The smallest absolute Gasteiger partial charge is 0.285 e. The summed E-state index contributed by atoms with van der Waals surface area (Å²) in [5.74, 6) is 2.00. The van der Waals surface area contributed by atoms with Gasteiger partial charge < -0.3 is 19.9 Å². The number of anilines is 1. The fourth-order valence-electron chi connectivity index (χ4n) is 4.37. The molecule has 0 bridgehead atoms. The number of rotatable bonds is 3. The van der Waals surface area contributed by atoms with Gasteiger partial charge in [-0.1, -0.05) is 0 Å².